The monoisotopic (exact) mass is 181 g/mol. The highest BCUT2D eigenvalue weighted by atomic mass is 16.5. The summed E-state index contributed by atoms with van der Waals surface area (Å²) in [5.74, 6) is -1.30. The van der Waals surface area contributed by atoms with E-state index in [1.807, 2.05) is 0 Å². The Balaban J connectivity index is 2.69. The Labute approximate surface area is 76.0 Å². The number of rotatable bonds is 3. The van der Waals surface area contributed by atoms with E-state index in [4.69, 9.17) is 5.11 Å². The van der Waals surface area contributed by atoms with E-state index < -0.39 is 11.9 Å². The van der Waals surface area contributed by atoms with E-state index in [-0.39, 0.29) is 0 Å². The van der Waals surface area contributed by atoms with Crippen molar-refractivity contribution in [2.45, 2.75) is 13.3 Å². The maximum atomic E-state index is 10.8. The quantitative estimate of drug-likeness (QED) is 0.548. The van der Waals surface area contributed by atoms with Crippen LogP contribution >= 0.6 is 0 Å². The standard InChI is InChI=1S/C9H11NO3/c1-7(9(11)12)5-8-3-2-4-10(13)6-8/h2-4,6-7H,5H2,1H3,(H,11,12). The van der Waals surface area contributed by atoms with Gasteiger partial charge in [0.05, 0.1) is 5.92 Å². The molecule has 0 aliphatic rings. The molecule has 0 amide bonds. The van der Waals surface area contributed by atoms with Gasteiger partial charge in [-0.3, -0.25) is 4.79 Å². The topological polar surface area (TPSA) is 64.2 Å². The van der Waals surface area contributed by atoms with Crippen LogP contribution in [0.5, 0.6) is 0 Å². The molecule has 1 heterocycles. The Morgan fingerprint density at radius 1 is 1.77 bits per heavy atom. The van der Waals surface area contributed by atoms with Gasteiger partial charge < -0.3 is 10.3 Å². The second-order valence-corrected chi connectivity index (χ2v) is 3.02. The summed E-state index contributed by atoms with van der Waals surface area (Å²) in [6.07, 6.45) is 3.15. The first-order chi connectivity index (χ1) is 6.09. The molecule has 70 valence electrons. The fraction of sp³-hybridized carbons (Fsp3) is 0.333. The number of pyridine rings is 1. The highest BCUT2D eigenvalue weighted by Crippen LogP contribution is 2.05. The average Bonchev–Trinajstić information content (AvgIpc) is 2.04. The van der Waals surface area contributed by atoms with Gasteiger partial charge in [0, 0.05) is 11.6 Å². The molecule has 1 aromatic rings. The molecule has 0 spiro atoms. The van der Waals surface area contributed by atoms with E-state index in [0.717, 1.165) is 5.56 Å². The highest BCUT2D eigenvalue weighted by Gasteiger charge is 2.12. The summed E-state index contributed by atoms with van der Waals surface area (Å²) in [5, 5.41) is 19.4. The molecule has 0 saturated heterocycles. The fourth-order valence-electron chi connectivity index (χ4n) is 1.06. The Morgan fingerprint density at radius 3 is 3.00 bits per heavy atom. The van der Waals surface area contributed by atoms with Crippen LogP contribution in [0, 0.1) is 11.1 Å². The van der Waals surface area contributed by atoms with Crippen molar-refractivity contribution < 1.29 is 14.6 Å². The normalized spacial score (nSPS) is 12.4. The Hall–Kier alpha value is -1.58. The Bertz CT molecular complexity index is 311. The summed E-state index contributed by atoms with van der Waals surface area (Å²) in [5.41, 5.74) is 0.743. The first kappa shape index (κ1) is 9.51. The summed E-state index contributed by atoms with van der Waals surface area (Å²) in [6, 6.07) is 3.35. The lowest BCUT2D eigenvalue weighted by atomic mass is 10.0. The number of nitrogens with zero attached hydrogens (tertiary/aromatic N) is 1. The minimum atomic E-state index is -0.846. The van der Waals surface area contributed by atoms with Crippen LogP contribution in [0.25, 0.3) is 0 Å². The zero-order valence-corrected chi connectivity index (χ0v) is 7.30. The minimum Gasteiger partial charge on any atom is -0.619 e. The molecule has 4 heteroatoms. The average molecular weight is 181 g/mol. The van der Waals surface area contributed by atoms with Gasteiger partial charge in [-0.15, -0.1) is 0 Å². The number of carboxylic acid groups (broad SMARTS) is 1. The van der Waals surface area contributed by atoms with Crippen molar-refractivity contribution in [3.63, 3.8) is 0 Å². The van der Waals surface area contributed by atoms with Gasteiger partial charge in [0.1, 0.15) is 0 Å². The summed E-state index contributed by atoms with van der Waals surface area (Å²) >= 11 is 0. The van der Waals surface area contributed by atoms with E-state index >= 15 is 0 Å². The van der Waals surface area contributed by atoms with Crippen LogP contribution in [0.4, 0.5) is 0 Å². The number of carboxylic acids is 1. The van der Waals surface area contributed by atoms with Crippen molar-refractivity contribution in [2.24, 2.45) is 5.92 Å². The third-order valence-corrected chi connectivity index (χ3v) is 1.80. The molecule has 0 aliphatic carbocycles. The summed E-state index contributed by atoms with van der Waals surface area (Å²) in [7, 11) is 0. The van der Waals surface area contributed by atoms with Crippen molar-refractivity contribution in [3.8, 4) is 0 Å². The van der Waals surface area contributed by atoms with Crippen LogP contribution in [0.2, 0.25) is 0 Å². The molecule has 1 N–H and O–H groups in total. The lowest BCUT2D eigenvalue weighted by Crippen LogP contribution is -2.25. The van der Waals surface area contributed by atoms with Crippen molar-refractivity contribution in [3.05, 3.63) is 35.3 Å². The zero-order chi connectivity index (χ0) is 9.84. The molecule has 0 saturated carbocycles. The molecular formula is C9H11NO3. The number of aromatic nitrogens is 1. The van der Waals surface area contributed by atoms with Gasteiger partial charge in [-0.05, 0) is 12.5 Å². The smallest absolute Gasteiger partial charge is 0.306 e. The molecule has 13 heavy (non-hydrogen) atoms. The molecule has 1 atom stereocenters. The molecule has 1 aromatic heterocycles. The van der Waals surface area contributed by atoms with E-state index in [0.29, 0.717) is 11.2 Å². The van der Waals surface area contributed by atoms with Crippen molar-refractivity contribution >= 4 is 5.97 Å². The largest absolute Gasteiger partial charge is 0.619 e. The van der Waals surface area contributed by atoms with Crippen molar-refractivity contribution in [2.75, 3.05) is 0 Å². The molecule has 1 unspecified atom stereocenters. The minimum absolute atomic E-state index is 0.387. The van der Waals surface area contributed by atoms with E-state index in [9.17, 15) is 10.0 Å². The molecule has 0 aromatic carbocycles. The van der Waals surface area contributed by atoms with Crippen LogP contribution in [0.1, 0.15) is 12.5 Å². The van der Waals surface area contributed by atoms with Crippen LogP contribution in [0.15, 0.2) is 24.5 Å². The summed E-state index contributed by atoms with van der Waals surface area (Å²) in [4.78, 5) is 10.5. The van der Waals surface area contributed by atoms with Crippen molar-refractivity contribution in [1.82, 2.24) is 0 Å². The van der Waals surface area contributed by atoms with E-state index in [1.54, 1.807) is 19.1 Å². The molecule has 0 radical (unpaired) electrons. The van der Waals surface area contributed by atoms with Crippen LogP contribution in [0.3, 0.4) is 0 Å². The fourth-order valence-corrected chi connectivity index (χ4v) is 1.06. The number of carbonyl (C=O) groups is 1. The zero-order valence-electron chi connectivity index (χ0n) is 7.30. The van der Waals surface area contributed by atoms with Gasteiger partial charge in [-0.1, -0.05) is 6.92 Å². The van der Waals surface area contributed by atoms with Gasteiger partial charge in [-0.2, -0.15) is 4.73 Å². The number of hydrogen-bond acceptors (Lipinski definition) is 2. The highest BCUT2D eigenvalue weighted by molar-refractivity contribution is 5.69. The molecule has 4 nitrogen and oxygen atoms in total. The third-order valence-electron chi connectivity index (χ3n) is 1.80. The number of hydrogen-bond donors (Lipinski definition) is 1. The van der Waals surface area contributed by atoms with E-state index in [1.165, 1.54) is 12.4 Å². The van der Waals surface area contributed by atoms with Gasteiger partial charge in [0.2, 0.25) is 0 Å². The molecule has 0 bridgehead atoms. The summed E-state index contributed by atoms with van der Waals surface area (Å²) < 4.78 is 0.671. The predicted octanol–water partition coefficient (Wildman–Crippen LogP) is 0.583. The molecule has 1 rings (SSSR count). The van der Waals surface area contributed by atoms with E-state index in [2.05, 4.69) is 0 Å². The molecule has 0 fully saturated rings. The second-order valence-electron chi connectivity index (χ2n) is 3.02. The van der Waals surface area contributed by atoms with Gasteiger partial charge in [-0.25, -0.2) is 0 Å². The van der Waals surface area contributed by atoms with Gasteiger partial charge in [0.25, 0.3) is 0 Å². The first-order valence-corrected chi connectivity index (χ1v) is 4.00. The number of aliphatic carboxylic acids is 1. The summed E-state index contributed by atoms with van der Waals surface area (Å²) in [6.45, 7) is 1.62. The maximum absolute atomic E-state index is 10.8. The van der Waals surface area contributed by atoms with Gasteiger partial charge in [0.15, 0.2) is 12.4 Å². The van der Waals surface area contributed by atoms with Crippen LogP contribution < -0.4 is 4.73 Å². The lowest BCUT2D eigenvalue weighted by molar-refractivity contribution is -0.605. The first-order valence-electron chi connectivity index (χ1n) is 4.00. The SMILES string of the molecule is CC(Cc1ccc[n+]([O-])c1)C(=O)O. The predicted molar refractivity (Wildman–Crippen MR) is 45.9 cm³/mol. The Kier molecular flexibility index (Phi) is 2.84. The van der Waals surface area contributed by atoms with Gasteiger partial charge >= 0.3 is 5.97 Å². The van der Waals surface area contributed by atoms with Crippen LogP contribution in [-0.2, 0) is 11.2 Å². The lowest BCUT2D eigenvalue weighted by Gasteiger charge is -2.04. The van der Waals surface area contributed by atoms with Crippen LogP contribution in [-0.4, -0.2) is 11.1 Å². The maximum Gasteiger partial charge on any atom is 0.306 e. The molecular weight excluding hydrogens is 170 g/mol. The Morgan fingerprint density at radius 2 is 2.46 bits per heavy atom. The molecule has 0 aliphatic heterocycles. The third kappa shape index (κ3) is 2.74. The van der Waals surface area contributed by atoms with Crippen molar-refractivity contribution in [1.29, 1.82) is 0 Å². The second kappa shape index (κ2) is 3.89.